The Hall–Kier alpha value is -3.57. The third-order valence-corrected chi connectivity index (χ3v) is 6.05. The van der Waals surface area contributed by atoms with Crippen molar-refractivity contribution < 1.29 is 23.6 Å². The molecule has 0 aliphatic carbocycles. The molecule has 3 aromatic rings. The zero-order valence-electron chi connectivity index (χ0n) is 21.9. The molecule has 2 aromatic heterocycles. The molecule has 36 heavy (non-hydrogen) atoms. The van der Waals surface area contributed by atoms with E-state index in [-0.39, 0.29) is 17.3 Å². The van der Waals surface area contributed by atoms with E-state index in [2.05, 4.69) is 20.8 Å². The molecule has 3 rings (SSSR count). The maximum atomic E-state index is 13.6. The highest BCUT2D eigenvalue weighted by Gasteiger charge is 2.34. The smallest absolute Gasteiger partial charge is 0.257 e. The van der Waals surface area contributed by atoms with E-state index in [0.29, 0.717) is 40.5 Å². The number of carbonyl (C=O) groups excluding carboxylic acids is 2. The number of aromatic nitrogens is 3. The minimum absolute atomic E-state index is 0.273. The predicted octanol–water partition coefficient (Wildman–Crippen LogP) is 2.87. The molecule has 2 heterocycles. The van der Waals surface area contributed by atoms with Gasteiger partial charge in [0.1, 0.15) is 5.82 Å². The number of hydrogen-bond acceptors (Lipinski definition) is 7. The highest BCUT2D eigenvalue weighted by molar-refractivity contribution is 6.06. The van der Waals surface area contributed by atoms with Crippen LogP contribution < -0.4 is 10.6 Å². The maximum Gasteiger partial charge on any atom is 0.257 e. The number of anilines is 1. The molecular weight excluding hydrogens is 467 g/mol. The van der Waals surface area contributed by atoms with Crippen LogP contribution in [-0.4, -0.2) is 50.6 Å². The van der Waals surface area contributed by atoms with Crippen LogP contribution in [0, 0.1) is 26.6 Å². The highest BCUT2D eigenvalue weighted by Crippen LogP contribution is 2.29. The number of amides is 2. The lowest BCUT2D eigenvalue weighted by Crippen LogP contribution is -2.44. The number of rotatable bonds is 8. The summed E-state index contributed by atoms with van der Waals surface area (Å²) in [6, 6.07) is 4.29. The van der Waals surface area contributed by atoms with Crippen LogP contribution in [0.3, 0.4) is 0 Å². The fourth-order valence-corrected chi connectivity index (χ4v) is 4.04. The molecule has 0 bridgehead atoms. The van der Waals surface area contributed by atoms with Crippen molar-refractivity contribution in [2.24, 2.45) is 7.05 Å². The van der Waals surface area contributed by atoms with Crippen LogP contribution in [0.15, 0.2) is 22.7 Å². The second-order valence-electron chi connectivity index (χ2n) is 9.71. The summed E-state index contributed by atoms with van der Waals surface area (Å²) >= 11 is 0. The summed E-state index contributed by atoms with van der Waals surface area (Å²) in [6.07, 6.45) is -1.56. The zero-order valence-corrected chi connectivity index (χ0v) is 21.9. The molecule has 0 fully saturated rings. The number of aliphatic hydroxyl groups excluding tert-OH is 1. The summed E-state index contributed by atoms with van der Waals surface area (Å²) in [5, 5.41) is 20.5. The van der Waals surface area contributed by atoms with Gasteiger partial charge in [-0.1, -0.05) is 5.16 Å². The van der Waals surface area contributed by atoms with Gasteiger partial charge in [0.2, 0.25) is 5.89 Å². The Balaban J connectivity index is 1.82. The summed E-state index contributed by atoms with van der Waals surface area (Å²) in [7, 11) is 5.41. The third kappa shape index (κ3) is 5.47. The molecule has 0 aliphatic rings. The quantitative estimate of drug-likeness (QED) is 0.434. The Morgan fingerprint density at radius 1 is 1.25 bits per heavy atom. The Bertz CT molecular complexity index is 1290. The standard InChI is InChI=1S/C25H33FN6O4/c1-13-11-16(9-10-17(13)26)27-22(34)19-14(2)20(32(8)15(19)3)21(33)23(35)29-25(4,5)24-28-18(36-30-24)12-31(6)7/h9-11,21,33H,12H2,1-8H3,(H,27,34)(H,29,35). The molecule has 3 N–H and O–H groups in total. The highest BCUT2D eigenvalue weighted by atomic mass is 19.1. The summed E-state index contributed by atoms with van der Waals surface area (Å²) in [5.74, 6) is -0.794. The van der Waals surface area contributed by atoms with Crippen LogP contribution in [0.1, 0.15) is 64.5 Å². The van der Waals surface area contributed by atoms with E-state index in [1.165, 1.54) is 18.2 Å². The average molecular weight is 501 g/mol. The Labute approximate surface area is 209 Å². The Morgan fingerprint density at radius 3 is 2.53 bits per heavy atom. The van der Waals surface area contributed by atoms with Crippen LogP contribution >= 0.6 is 0 Å². The molecular formula is C25H33FN6O4. The normalized spacial score (nSPS) is 12.6. The van der Waals surface area contributed by atoms with Gasteiger partial charge in [0, 0.05) is 18.4 Å². The summed E-state index contributed by atoms with van der Waals surface area (Å²) in [6.45, 7) is 8.85. The van der Waals surface area contributed by atoms with E-state index >= 15 is 0 Å². The molecule has 2 amide bonds. The van der Waals surface area contributed by atoms with Crippen LogP contribution in [-0.2, 0) is 23.9 Å². The largest absolute Gasteiger partial charge is 0.377 e. The molecule has 0 saturated heterocycles. The average Bonchev–Trinajstić information content (AvgIpc) is 3.32. The number of benzene rings is 1. The van der Waals surface area contributed by atoms with Crippen molar-refractivity contribution in [2.75, 3.05) is 19.4 Å². The van der Waals surface area contributed by atoms with E-state index in [0.717, 1.165) is 0 Å². The minimum Gasteiger partial charge on any atom is -0.377 e. The monoisotopic (exact) mass is 500 g/mol. The summed E-state index contributed by atoms with van der Waals surface area (Å²) in [5.41, 5.74) is 1.45. The van der Waals surface area contributed by atoms with Crippen molar-refractivity contribution in [1.82, 2.24) is 24.9 Å². The van der Waals surface area contributed by atoms with Crippen molar-refractivity contribution in [3.05, 3.63) is 63.8 Å². The number of hydrogen-bond donors (Lipinski definition) is 3. The summed E-state index contributed by atoms with van der Waals surface area (Å²) < 4.78 is 20.4. The molecule has 194 valence electrons. The van der Waals surface area contributed by atoms with Gasteiger partial charge in [-0.3, -0.25) is 9.59 Å². The van der Waals surface area contributed by atoms with Crippen molar-refractivity contribution >= 4 is 17.5 Å². The molecule has 0 saturated carbocycles. The van der Waals surface area contributed by atoms with Crippen molar-refractivity contribution in [3.63, 3.8) is 0 Å². The number of aryl methyl sites for hydroxylation is 1. The SMILES string of the molecule is Cc1cc(NC(=O)c2c(C)c(C(O)C(=O)NC(C)(C)c3noc(CN(C)C)n3)n(C)c2C)ccc1F. The first kappa shape index (κ1) is 27.0. The van der Waals surface area contributed by atoms with Crippen LogP contribution in [0.4, 0.5) is 10.1 Å². The summed E-state index contributed by atoms with van der Waals surface area (Å²) in [4.78, 5) is 32.3. The Kier molecular flexibility index (Phi) is 7.65. The first-order valence-corrected chi connectivity index (χ1v) is 11.4. The minimum atomic E-state index is -1.56. The van der Waals surface area contributed by atoms with Gasteiger partial charge >= 0.3 is 0 Å². The number of halogens is 1. The topological polar surface area (TPSA) is 126 Å². The van der Waals surface area contributed by atoms with E-state index in [4.69, 9.17) is 4.52 Å². The van der Waals surface area contributed by atoms with Gasteiger partial charge < -0.3 is 29.7 Å². The predicted molar refractivity (Wildman–Crippen MR) is 132 cm³/mol. The van der Waals surface area contributed by atoms with Gasteiger partial charge in [0.15, 0.2) is 11.9 Å². The third-order valence-electron chi connectivity index (χ3n) is 6.05. The fraction of sp³-hybridized carbons (Fsp3) is 0.440. The van der Waals surface area contributed by atoms with Crippen molar-refractivity contribution in [3.8, 4) is 0 Å². The molecule has 0 radical (unpaired) electrons. The maximum absolute atomic E-state index is 13.6. The lowest BCUT2D eigenvalue weighted by Gasteiger charge is -2.24. The lowest BCUT2D eigenvalue weighted by molar-refractivity contribution is -0.131. The second kappa shape index (κ2) is 10.2. The van der Waals surface area contributed by atoms with Gasteiger partial charge in [-0.2, -0.15) is 4.98 Å². The molecule has 1 unspecified atom stereocenters. The van der Waals surface area contributed by atoms with Crippen LogP contribution in [0.2, 0.25) is 0 Å². The van der Waals surface area contributed by atoms with Crippen LogP contribution in [0.5, 0.6) is 0 Å². The zero-order chi connectivity index (χ0) is 26.9. The van der Waals surface area contributed by atoms with E-state index in [9.17, 15) is 19.1 Å². The fourth-order valence-electron chi connectivity index (χ4n) is 4.04. The molecule has 0 spiro atoms. The van der Waals surface area contributed by atoms with Gasteiger partial charge in [-0.15, -0.1) is 0 Å². The number of nitrogens with zero attached hydrogens (tertiary/aromatic N) is 4. The first-order chi connectivity index (χ1) is 16.7. The molecule has 1 atom stereocenters. The van der Waals surface area contributed by atoms with E-state index in [1.807, 2.05) is 19.0 Å². The number of nitrogens with one attached hydrogen (secondary N) is 2. The van der Waals surface area contributed by atoms with Gasteiger partial charge in [0.05, 0.1) is 23.3 Å². The Morgan fingerprint density at radius 2 is 1.92 bits per heavy atom. The van der Waals surface area contributed by atoms with Gasteiger partial charge in [-0.05, 0) is 78.0 Å². The van der Waals surface area contributed by atoms with Crippen molar-refractivity contribution in [1.29, 1.82) is 0 Å². The molecule has 1 aromatic carbocycles. The first-order valence-electron chi connectivity index (χ1n) is 11.4. The molecule has 11 heteroatoms. The number of aliphatic hydroxyl groups is 1. The van der Waals surface area contributed by atoms with Gasteiger partial charge in [0.25, 0.3) is 11.8 Å². The molecule has 10 nitrogen and oxygen atoms in total. The van der Waals surface area contributed by atoms with E-state index < -0.39 is 23.5 Å². The van der Waals surface area contributed by atoms with Gasteiger partial charge in [-0.25, -0.2) is 4.39 Å². The van der Waals surface area contributed by atoms with E-state index in [1.54, 1.807) is 46.2 Å². The second-order valence-corrected chi connectivity index (χ2v) is 9.71. The van der Waals surface area contributed by atoms with Crippen molar-refractivity contribution in [2.45, 2.75) is 52.8 Å². The lowest BCUT2D eigenvalue weighted by atomic mass is 10.0. The van der Waals surface area contributed by atoms with Crippen LogP contribution in [0.25, 0.3) is 0 Å². The number of carbonyl (C=O) groups is 2. The molecule has 0 aliphatic heterocycles.